The van der Waals surface area contributed by atoms with Gasteiger partial charge in [-0.15, -0.1) is 0 Å². The SMILES string of the molecule is CCc1occc1C(=O)N1CCCC(O)(C(N)=O)C1. The maximum atomic E-state index is 12.4. The van der Waals surface area contributed by atoms with E-state index in [4.69, 9.17) is 10.2 Å². The molecule has 1 aromatic heterocycles. The molecule has 19 heavy (non-hydrogen) atoms. The number of carbonyl (C=O) groups is 2. The van der Waals surface area contributed by atoms with Crippen LogP contribution in [0.2, 0.25) is 0 Å². The number of aryl methyl sites for hydroxylation is 1. The van der Waals surface area contributed by atoms with Crippen LogP contribution in [0.15, 0.2) is 16.7 Å². The minimum atomic E-state index is -1.62. The second-order valence-electron chi connectivity index (χ2n) is 4.84. The molecule has 2 rings (SSSR count). The lowest BCUT2D eigenvalue weighted by Gasteiger charge is -2.36. The van der Waals surface area contributed by atoms with E-state index >= 15 is 0 Å². The van der Waals surface area contributed by atoms with Crippen LogP contribution < -0.4 is 5.73 Å². The quantitative estimate of drug-likeness (QED) is 0.822. The largest absolute Gasteiger partial charge is 0.469 e. The van der Waals surface area contributed by atoms with Gasteiger partial charge in [0.05, 0.1) is 18.4 Å². The zero-order chi connectivity index (χ0) is 14.0. The van der Waals surface area contributed by atoms with Gasteiger partial charge in [0.15, 0.2) is 5.60 Å². The maximum Gasteiger partial charge on any atom is 0.257 e. The van der Waals surface area contributed by atoms with Crippen molar-refractivity contribution >= 4 is 11.8 Å². The van der Waals surface area contributed by atoms with Gasteiger partial charge in [-0.3, -0.25) is 9.59 Å². The van der Waals surface area contributed by atoms with Crippen LogP contribution in [0.5, 0.6) is 0 Å². The second kappa shape index (κ2) is 5.05. The van der Waals surface area contributed by atoms with Crippen molar-refractivity contribution in [3.63, 3.8) is 0 Å². The summed E-state index contributed by atoms with van der Waals surface area (Å²) >= 11 is 0. The molecule has 0 aliphatic carbocycles. The summed E-state index contributed by atoms with van der Waals surface area (Å²) in [6.07, 6.45) is 2.92. The number of piperidine rings is 1. The third-order valence-corrected chi connectivity index (χ3v) is 3.51. The van der Waals surface area contributed by atoms with Gasteiger partial charge in [0, 0.05) is 13.0 Å². The van der Waals surface area contributed by atoms with Crippen molar-refractivity contribution in [1.29, 1.82) is 0 Å². The first-order valence-corrected chi connectivity index (χ1v) is 6.36. The van der Waals surface area contributed by atoms with E-state index in [-0.39, 0.29) is 18.9 Å². The van der Waals surface area contributed by atoms with Gasteiger partial charge in [-0.1, -0.05) is 6.92 Å². The highest BCUT2D eigenvalue weighted by Crippen LogP contribution is 2.23. The van der Waals surface area contributed by atoms with Gasteiger partial charge in [-0.2, -0.15) is 0 Å². The number of amides is 2. The minimum absolute atomic E-state index is 0.0600. The summed E-state index contributed by atoms with van der Waals surface area (Å²) in [6, 6.07) is 1.61. The molecule has 1 atom stereocenters. The number of nitrogens with zero attached hydrogens (tertiary/aromatic N) is 1. The minimum Gasteiger partial charge on any atom is -0.469 e. The molecule has 3 N–H and O–H groups in total. The van der Waals surface area contributed by atoms with Crippen molar-refractivity contribution in [3.05, 3.63) is 23.7 Å². The molecule has 1 saturated heterocycles. The lowest BCUT2D eigenvalue weighted by Crippen LogP contribution is -2.57. The molecule has 0 spiro atoms. The van der Waals surface area contributed by atoms with Crippen LogP contribution in [-0.4, -0.2) is 40.5 Å². The molecule has 6 heteroatoms. The summed E-state index contributed by atoms with van der Waals surface area (Å²) in [6.45, 7) is 2.34. The van der Waals surface area contributed by atoms with Crippen LogP contribution in [0.1, 0.15) is 35.9 Å². The normalized spacial score (nSPS) is 23.4. The van der Waals surface area contributed by atoms with Crippen LogP contribution in [-0.2, 0) is 11.2 Å². The number of furan rings is 1. The molecule has 0 bridgehead atoms. The molecule has 1 fully saturated rings. The van der Waals surface area contributed by atoms with Crippen molar-refractivity contribution in [2.45, 2.75) is 31.8 Å². The van der Waals surface area contributed by atoms with Gasteiger partial charge in [-0.05, 0) is 18.9 Å². The first-order chi connectivity index (χ1) is 8.98. The molecule has 1 aromatic rings. The summed E-state index contributed by atoms with van der Waals surface area (Å²) in [5.74, 6) is -0.406. The summed E-state index contributed by atoms with van der Waals surface area (Å²) in [5.41, 5.74) is 4.05. The Labute approximate surface area is 111 Å². The summed E-state index contributed by atoms with van der Waals surface area (Å²) < 4.78 is 5.22. The highest BCUT2D eigenvalue weighted by molar-refractivity contribution is 5.96. The number of β-amino-alcohol motifs (C(OH)–C–C–N with tert-alkyl or cyclic N) is 1. The van der Waals surface area contributed by atoms with Gasteiger partial charge in [0.1, 0.15) is 5.76 Å². The van der Waals surface area contributed by atoms with Crippen LogP contribution in [0.3, 0.4) is 0 Å². The molecule has 0 saturated carbocycles. The highest BCUT2D eigenvalue weighted by atomic mass is 16.3. The fraction of sp³-hybridized carbons (Fsp3) is 0.538. The van der Waals surface area contributed by atoms with E-state index in [1.165, 1.54) is 11.2 Å². The van der Waals surface area contributed by atoms with E-state index in [9.17, 15) is 14.7 Å². The number of rotatable bonds is 3. The molecule has 0 radical (unpaired) electrons. The molecule has 1 unspecified atom stereocenters. The Morgan fingerprint density at radius 1 is 1.58 bits per heavy atom. The molecule has 1 aliphatic heterocycles. The van der Waals surface area contributed by atoms with Gasteiger partial charge in [0.2, 0.25) is 0 Å². The molecule has 2 heterocycles. The van der Waals surface area contributed by atoms with E-state index in [2.05, 4.69) is 0 Å². The summed E-state index contributed by atoms with van der Waals surface area (Å²) in [7, 11) is 0. The Bertz CT molecular complexity index is 497. The lowest BCUT2D eigenvalue weighted by molar-refractivity contribution is -0.140. The van der Waals surface area contributed by atoms with Crippen LogP contribution in [0.25, 0.3) is 0 Å². The van der Waals surface area contributed by atoms with E-state index in [0.29, 0.717) is 30.7 Å². The Morgan fingerprint density at radius 2 is 2.32 bits per heavy atom. The molecular weight excluding hydrogens is 248 g/mol. The molecule has 104 valence electrons. The molecule has 0 aromatic carbocycles. The fourth-order valence-electron chi connectivity index (χ4n) is 2.39. The predicted molar refractivity (Wildman–Crippen MR) is 67.4 cm³/mol. The van der Waals surface area contributed by atoms with Gasteiger partial charge in [0.25, 0.3) is 11.8 Å². The molecule has 1 aliphatic rings. The zero-order valence-electron chi connectivity index (χ0n) is 10.9. The topological polar surface area (TPSA) is 96.8 Å². The lowest BCUT2D eigenvalue weighted by atomic mass is 9.92. The van der Waals surface area contributed by atoms with Crippen molar-refractivity contribution in [2.24, 2.45) is 5.73 Å². The number of nitrogens with two attached hydrogens (primary N) is 1. The number of carbonyl (C=O) groups excluding carboxylic acids is 2. The number of hydrogen-bond acceptors (Lipinski definition) is 4. The Hall–Kier alpha value is -1.82. The molecule has 6 nitrogen and oxygen atoms in total. The van der Waals surface area contributed by atoms with Crippen LogP contribution in [0, 0.1) is 0 Å². The van der Waals surface area contributed by atoms with Crippen molar-refractivity contribution < 1.29 is 19.1 Å². The standard InChI is InChI=1S/C13H18N2O4/c1-2-10-9(4-7-19-10)11(16)15-6-3-5-13(18,8-15)12(14)17/h4,7,18H,2-3,5-6,8H2,1H3,(H2,14,17). The molecular formula is C13H18N2O4. The number of aliphatic hydroxyl groups is 1. The third kappa shape index (κ3) is 2.49. The Morgan fingerprint density at radius 3 is 2.95 bits per heavy atom. The number of primary amides is 1. The number of hydrogen-bond donors (Lipinski definition) is 2. The fourth-order valence-corrected chi connectivity index (χ4v) is 2.39. The Balaban J connectivity index is 2.18. The average Bonchev–Trinajstić information content (AvgIpc) is 2.86. The van der Waals surface area contributed by atoms with E-state index in [1.54, 1.807) is 6.07 Å². The summed E-state index contributed by atoms with van der Waals surface area (Å²) in [5, 5.41) is 10.1. The Kier molecular flexibility index (Phi) is 3.61. The van der Waals surface area contributed by atoms with Gasteiger partial charge >= 0.3 is 0 Å². The zero-order valence-corrected chi connectivity index (χ0v) is 10.9. The smallest absolute Gasteiger partial charge is 0.257 e. The molecule has 2 amide bonds. The van der Waals surface area contributed by atoms with Crippen LogP contribution >= 0.6 is 0 Å². The first-order valence-electron chi connectivity index (χ1n) is 6.36. The van der Waals surface area contributed by atoms with Crippen molar-refractivity contribution in [2.75, 3.05) is 13.1 Å². The van der Waals surface area contributed by atoms with E-state index in [1.807, 2.05) is 6.92 Å². The highest BCUT2D eigenvalue weighted by Gasteiger charge is 2.40. The van der Waals surface area contributed by atoms with E-state index < -0.39 is 11.5 Å². The monoisotopic (exact) mass is 266 g/mol. The van der Waals surface area contributed by atoms with Crippen LogP contribution in [0.4, 0.5) is 0 Å². The predicted octanol–water partition coefficient (Wildman–Crippen LogP) is 0.294. The maximum absolute atomic E-state index is 12.4. The van der Waals surface area contributed by atoms with E-state index in [0.717, 1.165) is 0 Å². The van der Waals surface area contributed by atoms with Gasteiger partial charge in [-0.25, -0.2) is 0 Å². The first kappa shape index (κ1) is 13.6. The van der Waals surface area contributed by atoms with Gasteiger partial charge < -0.3 is 20.2 Å². The third-order valence-electron chi connectivity index (χ3n) is 3.51. The summed E-state index contributed by atoms with van der Waals surface area (Å²) in [4.78, 5) is 25.1. The second-order valence-corrected chi connectivity index (χ2v) is 4.84. The van der Waals surface area contributed by atoms with Crippen molar-refractivity contribution in [3.8, 4) is 0 Å². The number of likely N-dealkylation sites (tertiary alicyclic amines) is 1. The van der Waals surface area contributed by atoms with Crippen molar-refractivity contribution in [1.82, 2.24) is 4.90 Å². The average molecular weight is 266 g/mol.